The van der Waals surface area contributed by atoms with Gasteiger partial charge >= 0.3 is 0 Å². The second-order valence-corrected chi connectivity index (χ2v) is 3.56. The molecule has 1 aliphatic heterocycles. The summed E-state index contributed by atoms with van der Waals surface area (Å²) in [5.74, 6) is 0. The largest absolute Gasteiger partial charge is 0.387 e. The van der Waals surface area contributed by atoms with Crippen LogP contribution in [0, 0.1) is 0 Å². The van der Waals surface area contributed by atoms with Crippen molar-refractivity contribution in [1.82, 2.24) is 5.32 Å². The molecule has 0 saturated carbocycles. The van der Waals surface area contributed by atoms with Gasteiger partial charge in [0.25, 0.3) is 0 Å². The first-order chi connectivity index (χ1) is 6.38. The molecule has 2 atom stereocenters. The lowest BCUT2D eigenvalue weighted by Gasteiger charge is -2.18. The lowest BCUT2D eigenvalue weighted by molar-refractivity contribution is 0.137. The van der Waals surface area contributed by atoms with Gasteiger partial charge < -0.3 is 10.4 Å². The summed E-state index contributed by atoms with van der Waals surface area (Å²) in [5, 5.41) is 13.3. The van der Waals surface area contributed by atoms with Crippen LogP contribution in [0.25, 0.3) is 0 Å². The summed E-state index contributed by atoms with van der Waals surface area (Å²) in [6.07, 6.45) is 1.91. The van der Waals surface area contributed by atoms with Crippen molar-refractivity contribution in [2.45, 2.75) is 25.0 Å². The number of benzene rings is 1. The van der Waals surface area contributed by atoms with Crippen molar-refractivity contribution in [1.29, 1.82) is 0 Å². The van der Waals surface area contributed by atoms with Gasteiger partial charge in [0, 0.05) is 14.5 Å². The van der Waals surface area contributed by atoms with E-state index in [0.29, 0.717) is 0 Å². The molecule has 1 aromatic rings. The number of aliphatic hydroxyl groups excluding tert-OH is 1. The van der Waals surface area contributed by atoms with Gasteiger partial charge in [-0.2, -0.15) is 0 Å². The minimum atomic E-state index is -0.344. The summed E-state index contributed by atoms with van der Waals surface area (Å²) in [7, 11) is 0. The highest BCUT2D eigenvalue weighted by Crippen LogP contribution is 2.22. The number of hydrogen-bond donors (Lipinski definition) is 2. The fraction of sp³-hybridized carbons (Fsp3) is 0.455. The van der Waals surface area contributed by atoms with E-state index in [2.05, 4.69) is 5.32 Å². The first kappa shape index (κ1) is 11.3. The lowest BCUT2D eigenvalue weighted by atomic mass is 10.0. The molecule has 74 valence electrons. The average Bonchev–Trinajstić information content (AvgIpc) is 2.71. The molecule has 2 N–H and O–H groups in total. The molecule has 0 spiro atoms. The van der Waals surface area contributed by atoms with Crippen molar-refractivity contribution < 1.29 is 5.11 Å². The monoisotopic (exact) mass is 189 g/mol. The Bertz CT molecular complexity index is 259. The molecule has 2 rings (SSSR count). The van der Waals surface area contributed by atoms with Crippen LogP contribution in [0.1, 0.15) is 24.5 Å². The van der Waals surface area contributed by atoms with Gasteiger partial charge in [-0.25, -0.2) is 0 Å². The Labute approximate surface area is 86.9 Å². The first-order valence-corrected chi connectivity index (χ1v) is 4.84. The van der Waals surface area contributed by atoms with E-state index in [9.17, 15) is 5.11 Å². The topological polar surface area (TPSA) is 32.3 Å². The quantitative estimate of drug-likeness (QED) is 0.675. The molecule has 0 aromatic heterocycles. The van der Waals surface area contributed by atoms with E-state index in [0.717, 1.165) is 18.5 Å². The van der Waals surface area contributed by atoms with Crippen LogP contribution in [-0.4, -0.2) is 26.1 Å². The maximum absolute atomic E-state index is 9.96. The van der Waals surface area contributed by atoms with Crippen LogP contribution < -0.4 is 5.32 Å². The zero-order chi connectivity index (χ0) is 9.10. The molecular formula is C11H16BNO. The summed E-state index contributed by atoms with van der Waals surface area (Å²) < 4.78 is 0. The number of nitrogens with one attached hydrogen (secondary N) is 1. The molecule has 1 aromatic carbocycles. The number of rotatable bonds is 2. The molecule has 0 bridgehead atoms. The van der Waals surface area contributed by atoms with Gasteiger partial charge in [-0.1, -0.05) is 30.3 Å². The maximum Gasteiger partial charge on any atom is 0.0942 e. The van der Waals surface area contributed by atoms with Crippen LogP contribution in [-0.2, 0) is 0 Å². The van der Waals surface area contributed by atoms with Crippen molar-refractivity contribution in [2.75, 3.05) is 6.54 Å². The summed E-state index contributed by atoms with van der Waals surface area (Å²) in [5.41, 5.74) is 1.02. The SMILES string of the molecule is O[C@H](c1ccccc1)[C@@H]1CCCN1.[BH]. The Morgan fingerprint density at radius 1 is 1.29 bits per heavy atom. The van der Waals surface area contributed by atoms with E-state index in [1.807, 2.05) is 30.3 Å². The third-order valence-electron chi connectivity index (χ3n) is 2.62. The lowest BCUT2D eigenvalue weighted by Crippen LogP contribution is -2.28. The van der Waals surface area contributed by atoms with Gasteiger partial charge in [0.05, 0.1) is 6.10 Å². The summed E-state index contributed by atoms with van der Waals surface area (Å²) in [6, 6.07) is 10.1. The highest BCUT2D eigenvalue weighted by Gasteiger charge is 2.23. The van der Waals surface area contributed by atoms with Gasteiger partial charge in [0.2, 0.25) is 0 Å². The highest BCUT2D eigenvalue weighted by molar-refractivity contribution is 5.75. The molecule has 1 aliphatic rings. The molecule has 0 unspecified atom stereocenters. The average molecular weight is 189 g/mol. The fourth-order valence-corrected chi connectivity index (χ4v) is 1.86. The zero-order valence-corrected chi connectivity index (χ0v) is 8.32. The van der Waals surface area contributed by atoms with Gasteiger partial charge in [0.1, 0.15) is 0 Å². The standard InChI is InChI=1S/C11H15NO.BH/c13-11(10-7-4-8-12-10)9-5-2-1-3-6-9;/h1-3,5-6,10-13H,4,7-8H2;1H/t10-,11+;/m0./s1. The van der Waals surface area contributed by atoms with E-state index in [1.54, 1.807) is 0 Å². The Morgan fingerprint density at radius 2 is 2.00 bits per heavy atom. The van der Waals surface area contributed by atoms with Gasteiger partial charge in [-0.15, -0.1) is 0 Å². The van der Waals surface area contributed by atoms with Crippen LogP contribution in [0.15, 0.2) is 30.3 Å². The van der Waals surface area contributed by atoms with Crippen molar-refractivity contribution in [3.8, 4) is 0 Å². The third kappa shape index (κ3) is 2.37. The minimum Gasteiger partial charge on any atom is -0.387 e. The molecule has 0 amide bonds. The Hall–Kier alpha value is -0.795. The van der Waals surface area contributed by atoms with E-state index in [1.165, 1.54) is 6.42 Å². The first-order valence-electron chi connectivity index (χ1n) is 4.84. The predicted molar refractivity (Wildman–Crippen MR) is 59.6 cm³/mol. The minimum absolute atomic E-state index is 0. The van der Waals surface area contributed by atoms with Crippen LogP contribution >= 0.6 is 0 Å². The van der Waals surface area contributed by atoms with E-state index < -0.39 is 0 Å². The van der Waals surface area contributed by atoms with Gasteiger partial charge in [-0.05, 0) is 24.9 Å². The van der Waals surface area contributed by atoms with E-state index in [-0.39, 0.29) is 20.6 Å². The van der Waals surface area contributed by atoms with Gasteiger partial charge in [0.15, 0.2) is 0 Å². The molecule has 2 nitrogen and oxygen atoms in total. The van der Waals surface area contributed by atoms with Crippen molar-refractivity contribution >= 4 is 8.41 Å². The molecule has 0 aliphatic carbocycles. The molecule has 1 saturated heterocycles. The third-order valence-corrected chi connectivity index (χ3v) is 2.62. The Morgan fingerprint density at radius 3 is 2.57 bits per heavy atom. The van der Waals surface area contributed by atoms with Crippen LogP contribution in [0.3, 0.4) is 0 Å². The second kappa shape index (κ2) is 5.18. The smallest absolute Gasteiger partial charge is 0.0942 e. The fourth-order valence-electron chi connectivity index (χ4n) is 1.86. The van der Waals surface area contributed by atoms with E-state index >= 15 is 0 Å². The molecule has 2 radical (unpaired) electrons. The summed E-state index contributed by atoms with van der Waals surface area (Å²) in [4.78, 5) is 0. The normalized spacial score (nSPS) is 22.8. The Balaban J connectivity index is 0.000000980. The molecule has 1 fully saturated rings. The molecule has 14 heavy (non-hydrogen) atoms. The van der Waals surface area contributed by atoms with Crippen LogP contribution in [0.4, 0.5) is 0 Å². The summed E-state index contributed by atoms with van der Waals surface area (Å²) >= 11 is 0. The molecule has 1 heterocycles. The van der Waals surface area contributed by atoms with E-state index in [4.69, 9.17) is 0 Å². The Kier molecular flexibility index (Phi) is 4.17. The van der Waals surface area contributed by atoms with Crippen molar-refractivity contribution in [3.63, 3.8) is 0 Å². The number of aliphatic hydroxyl groups is 1. The van der Waals surface area contributed by atoms with Crippen molar-refractivity contribution in [2.24, 2.45) is 0 Å². The van der Waals surface area contributed by atoms with Crippen LogP contribution in [0.5, 0.6) is 0 Å². The molecule has 3 heteroatoms. The summed E-state index contributed by atoms with van der Waals surface area (Å²) in [6.45, 7) is 1.04. The predicted octanol–water partition coefficient (Wildman–Crippen LogP) is 0.823. The zero-order valence-electron chi connectivity index (χ0n) is 8.32. The second-order valence-electron chi connectivity index (χ2n) is 3.56. The number of hydrogen-bond acceptors (Lipinski definition) is 2. The van der Waals surface area contributed by atoms with Crippen LogP contribution in [0.2, 0.25) is 0 Å². The van der Waals surface area contributed by atoms with Crippen molar-refractivity contribution in [3.05, 3.63) is 35.9 Å². The molecular weight excluding hydrogens is 173 g/mol. The maximum atomic E-state index is 9.96. The highest BCUT2D eigenvalue weighted by atomic mass is 16.3. The van der Waals surface area contributed by atoms with Gasteiger partial charge in [-0.3, -0.25) is 0 Å².